The van der Waals surface area contributed by atoms with Crippen LogP contribution in [0.4, 0.5) is 10.8 Å². The second-order valence-electron chi connectivity index (χ2n) is 6.41. The zero-order valence-electron chi connectivity index (χ0n) is 13.9. The zero-order chi connectivity index (χ0) is 17.9. The molecule has 1 fully saturated rings. The molecule has 1 aliphatic carbocycles. The van der Waals surface area contributed by atoms with Gasteiger partial charge in [0.05, 0.1) is 0 Å². The summed E-state index contributed by atoms with van der Waals surface area (Å²) in [4.78, 5) is 16.4. The topological polar surface area (TPSA) is 94.2 Å². The van der Waals surface area contributed by atoms with E-state index in [0.29, 0.717) is 16.7 Å². The third-order valence-corrected chi connectivity index (χ3v) is 6.65. The molecule has 3 rings (SSSR count). The number of thiazole rings is 1. The van der Waals surface area contributed by atoms with Crippen molar-refractivity contribution in [2.45, 2.75) is 37.5 Å². The Bertz CT molecular complexity index is 754. The maximum Gasteiger partial charge on any atom is 0.227 e. The van der Waals surface area contributed by atoms with Crippen molar-refractivity contribution < 1.29 is 13.6 Å². The molecule has 8 heteroatoms. The van der Waals surface area contributed by atoms with E-state index >= 15 is 0 Å². The van der Waals surface area contributed by atoms with E-state index in [0.717, 1.165) is 25.7 Å². The molecule has 0 aliphatic heterocycles. The van der Waals surface area contributed by atoms with Crippen molar-refractivity contribution in [3.63, 3.8) is 0 Å². The van der Waals surface area contributed by atoms with Crippen LogP contribution in [0.25, 0.3) is 0 Å². The molecule has 1 unspecified atom stereocenters. The number of amides is 1. The normalized spacial score (nSPS) is 22.8. The van der Waals surface area contributed by atoms with Crippen LogP contribution in [0, 0.1) is 11.8 Å². The molecule has 1 aromatic heterocycles. The molecule has 1 heterocycles. The molecule has 25 heavy (non-hydrogen) atoms. The number of nitrogens with one attached hydrogen (secondary N) is 2. The molecule has 0 spiro atoms. The number of nitrogens with zero attached hydrogens (tertiary/aromatic N) is 1. The zero-order valence-corrected chi connectivity index (χ0v) is 15.6. The number of carbonyl (C=O) groups excluding carboxylic acids is 1. The Morgan fingerprint density at radius 3 is 2.52 bits per heavy atom. The summed E-state index contributed by atoms with van der Waals surface area (Å²) < 4.78 is 27.0. The van der Waals surface area contributed by atoms with Crippen molar-refractivity contribution in [3.8, 4) is 0 Å². The Morgan fingerprint density at radius 2 is 1.92 bits per heavy atom. The minimum absolute atomic E-state index is 0.0171. The first-order valence-electron chi connectivity index (χ1n) is 8.27. The van der Waals surface area contributed by atoms with Gasteiger partial charge in [-0.15, -0.1) is 11.3 Å². The van der Waals surface area contributed by atoms with E-state index in [1.807, 2.05) is 0 Å². The second kappa shape index (κ2) is 7.63. The van der Waals surface area contributed by atoms with Crippen LogP contribution in [0.5, 0.6) is 0 Å². The Kier molecular flexibility index (Phi) is 5.51. The van der Waals surface area contributed by atoms with Gasteiger partial charge in [0, 0.05) is 23.2 Å². The lowest BCUT2D eigenvalue weighted by Gasteiger charge is -2.25. The largest absolute Gasteiger partial charge is 0.588 e. The monoisotopic (exact) mass is 379 g/mol. The highest BCUT2D eigenvalue weighted by Gasteiger charge is 2.25. The van der Waals surface area contributed by atoms with Crippen molar-refractivity contribution in [3.05, 3.63) is 35.8 Å². The first-order chi connectivity index (χ1) is 11.9. The summed E-state index contributed by atoms with van der Waals surface area (Å²) in [6.07, 6.45) is 5.52. The molecule has 0 bridgehead atoms. The van der Waals surface area contributed by atoms with E-state index in [9.17, 15) is 13.6 Å². The quantitative estimate of drug-likeness (QED) is 0.770. The van der Waals surface area contributed by atoms with Gasteiger partial charge in [0.15, 0.2) is 15.3 Å². The fraction of sp³-hybridized carbons (Fsp3) is 0.412. The van der Waals surface area contributed by atoms with Gasteiger partial charge in [-0.05, 0) is 55.9 Å². The lowest BCUT2D eigenvalue weighted by molar-refractivity contribution is -0.121. The van der Waals surface area contributed by atoms with Gasteiger partial charge >= 0.3 is 0 Å². The number of hydrogen-bond donors (Lipinski definition) is 2. The van der Waals surface area contributed by atoms with Gasteiger partial charge in [0.1, 0.15) is 0 Å². The van der Waals surface area contributed by atoms with Crippen molar-refractivity contribution in [2.24, 2.45) is 11.8 Å². The fourth-order valence-electron chi connectivity index (χ4n) is 2.93. The van der Waals surface area contributed by atoms with Gasteiger partial charge in [-0.25, -0.2) is 4.98 Å². The molecule has 0 radical (unpaired) electrons. The van der Waals surface area contributed by atoms with E-state index in [1.54, 1.807) is 17.5 Å². The molecule has 1 saturated carbocycles. The minimum atomic E-state index is -3.67. The van der Waals surface area contributed by atoms with Crippen molar-refractivity contribution >= 4 is 38.5 Å². The molecule has 0 saturated heterocycles. The highest BCUT2D eigenvalue weighted by atomic mass is 32.3. The van der Waals surface area contributed by atoms with Gasteiger partial charge in [-0.1, -0.05) is 11.1 Å². The van der Waals surface area contributed by atoms with Crippen molar-refractivity contribution in [1.29, 1.82) is 0 Å². The Labute approximate surface area is 152 Å². The van der Waals surface area contributed by atoms with Crippen molar-refractivity contribution in [2.75, 3.05) is 10.0 Å². The lowest BCUT2D eigenvalue weighted by Crippen LogP contribution is -2.26. The van der Waals surface area contributed by atoms with Gasteiger partial charge in [0.25, 0.3) is 0 Å². The third kappa shape index (κ3) is 4.65. The maximum atomic E-state index is 12.3. The SMILES string of the molecule is CC1CCC(C(=O)Nc2ccc([S+](=O)([O-])Nc3nccs3)cc2)CC1. The van der Waals surface area contributed by atoms with Crippen LogP contribution < -0.4 is 10.0 Å². The van der Waals surface area contributed by atoms with Crippen LogP contribution >= 0.6 is 11.3 Å². The number of rotatable bonds is 5. The van der Waals surface area contributed by atoms with E-state index in [2.05, 4.69) is 21.9 Å². The van der Waals surface area contributed by atoms with Crippen LogP contribution in [0.15, 0.2) is 40.7 Å². The number of carbonyl (C=O) groups is 1. The summed E-state index contributed by atoms with van der Waals surface area (Å²) in [5.74, 6) is 0.758. The minimum Gasteiger partial charge on any atom is -0.588 e. The highest BCUT2D eigenvalue weighted by Crippen LogP contribution is 2.29. The molecular formula is C17H21N3O3S2. The van der Waals surface area contributed by atoms with Gasteiger partial charge < -0.3 is 9.87 Å². The average molecular weight is 380 g/mol. The Balaban J connectivity index is 1.62. The molecule has 6 nitrogen and oxygen atoms in total. The van der Waals surface area contributed by atoms with Crippen LogP contribution in [-0.4, -0.2) is 15.4 Å². The molecule has 2 aromatic rings. The summed E-state index contributed by atoms with van der Waals surface area (Å²) in [6, 6.07) is 6.18. The molecule has 2 N–H and O–H groups in total. The van der Waals surface area contributed by atoms with E-state index < -0.39 is 10.4 Å². The Hall–Kier alpha value is -1.77. The van der Waals surface area contributed by atoms with Crippen LogP contribution in [0.1, 0.15) is 32.6 Å². The molecule has 1 atom stereocenters. The first-order valence-corrected chi connectivity index (χ1v) is 10.6. The fourth-order valence-corrected chi connectivity index (χ4v) is 4.72. The lowest BCUT2D eigenvalue weighted by atomic mass is 9.82. The number of aromatic nitrogens is 1. The first kappa shape index (κ1) is 18.0. The highest BCUT2D eigenvalue weighted by molar-refractivity contribution is 7.99. The molecule has 1 aromatic carbocycles. The Morgan fingerprint density at radius 1 is 1.24 bits per heavy atom. The summed E-state index contributed by atoms with van der Waals surface area (Å²) in [5, 5.41) is 4.91. The van der Waals surface area contributed by atoms with Crippen LogP contribution in [0.2, 0.25) is 0 Å². The van der Waals surface area contributed by atoms with E-state index in [1.165, 1.54) is 29.7 Å². The summed E-state index contributed by atoms with van der Waals surface area (Å²) in [5.41, 5.74) is 0.608. The van der Waals surface area contributed by atoms with Gasteiger partial charge in [-0.2, -0.15) is 4.72 Å². The van der Waals surface area contributed by atoms with Crippen LogP contribution in [0.3, 0.4) is 0 Å². The smallest absolute Gasteiger partial charge is 0.227 e. The molecular weight excluding hydrogens is 358 g/mol. The molecule has 134 valence electrons. The number of hydrogen-bond acceptors (Lipinski definition) is 5. The number of sulfonamides is 1. The van der Waals surface area contributed by atoms with Crippen molar-refractivity contribution in [1.82, 2.24) is 4.98 Å². The summed E-state index contributed by atoms with van der Waals surface area (Å²) >= 11 is 1.21. The molecule has 1 aliphatic rings. The third-order valence-electron chi connectivity index (χ3n) is 4.47. The average Bonchev–Trinajstić information content (AvgIpc) is 3.08. The standard InChI is InChI=1S/C17H21N3O3S2/c1-12-2-4-13(5-3-12)16(21)19-14-6-8-15(9-7-14)25(22,23)20-17-18-10-11-24-17/h6-13H,2-5H2,1H3,(H2-,18,19,20,21,22,23). The maximum absolute atomic E-state index is 12.3. The number of anilines is 2. The summed E-state index contributed by atoms with van der Waals surface area (Å²) in [7, 11) is -3.67. The number of benzene rings is 1. The predicted molar refractivity (Wildman–Crippen MR) is 99.0 cm³/mol. The second-order valence-corrected chi connectivity index (χ2v) is 8.99. The van der Waals surface area contributed by atoms with E-state index in [4.69, 9.17) is 0 Å². The van der Waals surface area contributed by atoms with Gasteiger partial charge in [0.2, 0.25) is 11.0 Å². The van der Waals surface area contributed by atoms with Crippen LogP contribution in [-0.2, 0) is 19.4 Å². The van der Waals surface area contributed by atoms with E-state index in [-0.39, 0.29) is 16.7 Å². The van der Waals surface area contributed by atoms with Gasteiger partial charge in [-0.3, -0.25) is 4.79 Å². The molecule has 1 amide bonds. The summed E-state index contributed by atoms with van der Waals surface area (Å²) in [6.45, 7) is 2.22. The predicted octanol–water partition coefficient (Wildman–Crippen LogP) is 3.92.